The Labute approximate surface area is 206 Å². The Morgan fingerprint density at radius 1 is 1.06 bits per heavy atom. The van der Waals surface area contributed by atoms with Crippen molar-refractivity contribution in [3.63, 3.8) is 0 Å². The molecule has 1 fully saturated rings. The summed E-state index contributed by atoms with van der Waals surface area (Å²) in [5, 5.41) is 9.78. The second-order valence-electron chi connectivity index (χ2n) is 8.05. The number of methoxy groups -OCH3 is 3. The van der Waals surface area contributed by atoms with Crippen LogP contribution in [-0.4, -0.2) is 65.7 Å². The second kappa shape index (κ2) is 12.5. The number of hydrogen-bond donors (Lipinski definition) is 0. The molecule has 1 aliphatic carbocycles. The summed E-state index contributed by atoms with van der Waals surface area (Å²) in [7, 11) is 4.77. The molecule has 3 rings (SSSR count). The molecule has 0 saturated heterocycles. The highest BCUT2D eigenvalue weighted by Crippen LogP contribution is 2.43. The molecule has 0 radical (unpaired) electrons. The van der Waals surface area contributed by atoms with E-state index in [0.717, 1.165) is 42.2 Å². The number of thioether (sulfide) groups is 1. The van der Waals surface area contributed by atoms with Crippen molar-refractivity contribution in [2.45, 2.75) is 43.3 Å². The van der Waals surface area contributed by atoms with E-state index in [1.165, 1.54) is 18.2 Å². The largest absolute Gasteiger partial charge is 0.493 e. The zero-order valence-electron chi connectivity index (χ0n) is 20.3. The van der Waals surface area contributed by atoms with Crippen molar-refractivity contribution in [3.8, 4) is 28.6 Å². The fraction of sp³-hybridized carbons (Fsp3) is 0.480. The summed E-state index contributed by atoms with van der Waals surface area (Å²) in [5.74, 6) is 2.66. The number of ether oxygens (including phenoxy) is 3. The molecule has 9 heteroatoms. The molecule has 1 amide bonds. The zero-order chi connectivity index (χ0) is 24.5. The number of amides is 1. The Morgan fingerprint density at radius 3 is 2.21 bits per heavy atom. The van der Waals surface area contributed by atoms with Crippen molar-refractivity contribution in [1.29, 1.82) is 0 Å². The van der Waals surface area contributed by atoms with E-state index < -0.39 is 0 Å². The molecule has 1 saturated carbocycles. The van der Waals surface area contributed by atoms with Crippen molar-refractivity contribution < 1.29 is 19.0 Å². The predicted molar refractivity (Wildman–Crippen MR) is 135 cm³/mol. The van der Waals surface area contributed by atoms with Crippen LogP contribution in [0.2, 0.25) is 0 Å². The van der Waals surface area contributed by atoms with Crippen LogP contribution >= 0.6 is 11.8 Å². The molecule has 1 heterocycles. The van der Waals surface area contributed by atoms with Gasteiger partial charge in [-0.15, -0.1) is 23.4 Å². The molecule has 0 N–H and O–H groups in total. The summed E-state index contributed by atoms with van der Waals surface area (Å²) in [5.41, 5.74) is 0.825. The lowest BCUT2D eigenvalue weighted by Gasteiger charge is -2.26. The van der Waals surface area contributed by atoms with Crippen LogP contribution in [0.1, 0.15) is 38.1 Å². The van der Waals surface area contributed by atoms with Crippen LogP contribution in [-0.2, 0) is 4.79 Å². The van der Waals surface area contributed by atoms with Gasteiger partial charge in [-0.1, -0.05) is 43.2 Å². The number of nitrogens with zero attached hydrogens (tertiary/aromatic N) is 4. The first-order valence-corrected chi connectivity index (χ1v) is 12.4. The summed E-state index contributed by atoms with van der Waals surface area (Å²) in [4.78, 5) is 14.5. The predicted octanol–water partition coefficient (Wildman–Crippen LogP) is 4.77. The Bertz CT molecular complexity index is 966. The normalized spacial score (nSPS) is 13.9. The molecular weight excluding hydrogens is 452 g/mol. The number of carbonyl (C=O) groups is 1. The van der Waals surface area contributed by atoms with E-state index in [-0.39, 0.29) is 17.7 Å². The summed E-state index contributed by atoms with van der Waals surface area (Å²) in [6, 6.07) is 4.05. The van der Waals surface area contributed by atoms with Crippen LogP contribution in [0.4, 0.5) is 0 Å². The molecule has 0 atom stereocenters. The van der Waals surface area contributed by atoms with Gasteiger partial charge in [0.1, 0.15) is 0 Å². The fourth-order valence-corrected chi connectivity index (χ4v) is 5.17. The minimum Gasteiger partial charge on any atom is -0.493 e. The lowest BCUT2D eigenvalue weighted by molar-refractivity contribution is -0.127. The molecule has 0 spiro atoms. The van der Waals surface area contributed by atoms with Crippen molar-refractivity contribution in [2.24, 2.45) is 0 Å². The third-order valence-corrected chi connectivity index (χ3v) is 6.83. The van der Waals surface area contributed by atoms with Gasteiger partial charge in [0.2, 0.25) is 11.7 Å². The first-order valence-electron chi connectivity index (χ1n) is 11.5. The standard InChI is InChI=1S/C25H34N4O4S/c1-6-13-28(14-7-2)22(30)17-34-25-27-26-24(29(25)19-11-9-8-10-12-19)18-15-20(31-3)23(33-5)21(16-18)32-4/h6-7,15-16,19H,1-2,8-14,17H2,3-5H3. The van der Waals surface area contributed by atoms with Crippen molar-refractivity contribution in [3.05, 3.63) is 37.4 Å². The van der Waals surface area contributed by atoms with Gasteiger partial charge >= 0.3 is 0 Å². The van der Waals surface area contributed by atoms with E-state index in [9.17, 15) is 4.79 Å². The molecular formula is C25H34N4O4S. The first-order chi connectivity index (χ1) is 16.6. The van der Waals surface area contributed by atoms with E-state index in [1.807, 2.05) is 12.1 Å². The monoisotopic (exact) mass is 486 g/mol. The molecule has 1 aliphatic rings. The molecule has 0 bridgehead atoms. The van der Waals surface area contributed by atoms with E-state index in [1.54, 1.807) is 38.4 Å². The van der Waals surface area contributed by atoms with E-state index >= 15 is 0 Å². The summed E-state index contributed by atoms with van der Waals surface area (Å²) < 4.78 is 18.8. The van der Waals surface area contributed by atoms with Crippen molar-refractivity contribution in [1.82, 2.24) is 19.7 Å². The van der Waals surface area contributed by atoms with Gasteiger partial charge in [-0.25, -0.2) is 0 Å². The molecule has 2 aromatic rings. The van der Waals surface area contributed by atoms with Gasteiger partial charge in [-0.2, -0.15) is 0 Å². The number of hydrogen-bond acceptors (Lipinski definition) is 7. The maximum Gasteiger partial charge on any atom is 0.233 e. The Morgan fingerprint density at radius 2 is 1.68 bits per heavy atom. The maximum atomic E-state index is 12.8. The zero-order valence-corrected chi connectivity index (χ0v) is 21.1. The average Bonchev–Trinajstić information content (AvgIpc) is 3.30. The maximum absolute atomic E-state index is 12.8. The second-order valence-corrected chi connectivity index (χ2v) is 8.99. The number of carbonyl (C=O) groups excluding carboxylic acids is 1. The van der Waals surface area contributed by atoms with Gasteiger partial charge in [-0.05, 0) is 25.0 Å². The molecule has 184 valence electrons. The van der Waals surface area contributed by atoms with Gasteiger partial charge in [0.25, 0.3) is 0 Å². The highest BCUT2D eigenvalue weighted by Gasteiger charge is 2.26. The number of rotatable bonds is 12. The SMILES string of the molecule is C=CCN(CC=C)C(=O)CSc1nnc(-c2cc(OC)c(OC)c(OC)c2)n1C1CCCCC1. The smallest absolute Gasteiger partial charge is 0.233 e. The topological polar surface area (TPSA) is 78.7 Å². The van der Waals surface area contributed by atoms with Crippen LogP contribution in [0.3, 0.4) is 0 Å². The summed E-state index contributed by atoms with van der Waals surface area (Å²) in [6.45, 7) is 8.46. The fourth-order valence-electron chi connectivity index (χ4n) is 4.26. The molecule has 1 aromatic carbocycles. The third kappa shape index (κ3) is 5.75. The summed E-state index contributed by atoms with van der Waals surface area (Å²) in [6.07, 6.45) is 9.10. The van der Waals surface area contributed by atoms with Gasteiger partial charge in [-0.3, -0.25) is 9.36 Å². The van der Waals surface area contributed by atoms with Gasteiger partial charge in [0.15, 0.2) is 22.5 Å². The molecule has 0 aliphatic heterocycles. The lowest BCUT2D eigenvalue weighted by atomic mass is 9.95. The minimum atomic E-state index is 0.0114. The molecule has 8 nitrogen and oxygen atoms in total. The highest BCUT2D eigenvalue weighted by atomic mass is 32.2. The molecule has 34 heavy (non-hydrogen) atoms. The highest BCUT2D eigenvalue weighted by molar-refractivity contribution is 7.99. The van der Waals surface area contributed by atoms with Gasteiger partial charge in [0, 0.05) is 24.7 Å². The number of benzene rings is 1. The Balaban J connectivity index is 1.97. The van der Waals surface area contributed by atoms with Crippen LogP contribution in [0.25, 0.3) is 11.4 Å². The minimum absolute atomic E-state index is 0.0114. The molecule has 1 aromatic heterocycles. The van der Waals surface area contributed by atoms with E-state index in [0.29, 0.717) is 30.3 Å². The van der Waals surface area contributed by atoms with Crippen LogP contribution in [0.5, 0.6) is 17.2 Å². The van der Waals surface area contributed by atoms with Gasteiger partial charge in [0.05, 0.1) is 27.1 Å². The van der Waals surface area contributed by atoms with Crippen LogP contribution in [0, 0.1) is 0 Å². The number of aromatic nitrogens is 3. The Hall–Kier alpha value is -2.94. The van der Waals surface area contributed by atoms with Crippen molar-refractivity contribution >= 4 is 17.7 Å². The quantitative estimate of drug-likeness (QED) is 0.316. The first kappa shape index (κ1) is 25.7. The third-order valence-electron chi connectivity index (χ3n) is 5.90. The van der Waals surface area contributed by atoms with E-state index in [4.69, 9.17) is 14.2 Å². The molecule has 0 unspecified atom stereocenters. The van der Waals surface area contributed by atoms with Crippen LogP contribution in [0.15, 0.2) is 42.6 Å². The van der Waals surface area contributed by atoms with E-state index in [2.05, 4.69) is 27.9 Å². The van der Waals surface area contributed by atoms with Gasteiger partial charge < -0.3 is 19.1 Å². The summed E-state index contributed by atoms with van der Waals surface area (Å²) >= 11 is 1.41. The van der Waals surface area contributed by atoms with Crippen LogP contribution < -0.4 is 14.2 Å². The average molecular weight is 487 g/mol. The van der Waals surface area contributed by atoms with Crippen molar-refractivity contribution in [2.75, 3.05) is 40.2 Å². The lowest BCUT2D eigenvalue weighted by Crippen LogP contribution is -2.32. The Kier molecular flexibility index (Phi) is 9.44.